The molecule has 3 amide bonds. The molecule has 2 heterocycles. The first kappa shape index (κ1) is 41.6. The number of carbonyl (C=O) groups excluding carboxylic acids is 2. The molecule has 1 aliphatic heterocycles. The zero-order valence-electron chi connectivity index (χ0n) is 32.1. The summed E-state index contributed by atoms with van der Waals surface area (Å²) in [6.07, 6.45) is -5.32. The summed E-state index contributed by atoms with van der Waals surface area (Å²) < 4.78 is 72.9. The van der Waals surface area contributed by atoms with Crippen LogP contribution in [0.5, 0.6) is 11.5 Å². The van der Waals surface area contributed by atoms with E-state index < -0.39 is 47.5 Å². The fourth-order valence-corrected chi connectivity index (χ4v) is 6.78. The van der Waals surface area contributed by atoms with E-state index in [-0.39, 0.29) is 30.9 Å². The second-order valence-corrected chi connectivity index (χ2v) is 13.5. The number of carbonyl (C=O) groups is 2. The highest BCUT2D eigenvalue weighted by atomic mass is 19.4. The van der Waals surface area contributed by atoms with Crippen LogP contribution >= 0.6 is 0 Å². The summed E-state index contributed by atoms with van der Waals surface area (Å²) in [5.41, 5.74) is -0.526. The molecule has 1 aromatic heterocycles. The number of ether oxygens (including phenoxy) is 3. The fourth-order valence-electron chi connectivity index (χ4n) is 6.78. The van der Waals surface area contributed by atoms with E-state index >= 15 is 0 Å². The van der Waals surface area contributed by atoms with Gasteiger partial charge in [-0.05, 0) is 91.7 Å². The number of amides is 3. The number of nitrogens with one attached hydrogen (secondary N) is 2. The molecule has 2 N–H and O–H groups in total. The highest BCUT2D eigenvalue weighted by Gasteiger charge is 2.35. The average Bonchev–Trinajstić information content (AvgIpc) is 3.21. The van der Waals surface area contributed by atoms with Gasteiger partial charge >= 0.3 is 12.2 Å². The molecule has 306 valence electrons. The largest absolute Gasteiger partial charge is 0.497 e. The van der Waals surface area contributed by atoms with Gasteiger partial charge in [0.15, 0.2) is 0 Å². The lowest BCUT2D eigenvalue weighted by Gasteiger charge is -2.35. The lowest BCUT2D eigenvalue weighted by Crippen LogP contribution is -2.46. The fraction of sp³-hybridized carbons (Fsp3) is 0.333. The van der Waals surface area contributed by atoms with Crippen molar-refractivity contribution in [2.45, 2.75) is 32.0 Å². The molecule has 0 radical (unpaired) electrons. The van der Waals surface area contributed by atoms with Gasteiger partial charge in [0.2, 0.25) is 5.91 Å². The SMILES string of the molecule is CCOc1ccc(-n2c([C@@H](CCNC(=O)Nc3ccc(OC)cc3)N(CCN3CCOCC3)C(=O)Cc3ccc(C(F)(F)F)c(F)c3)nc3ccccc3c2=O)cc1. The van der Waals surface area contributed by atoms with E-state index in [1.54, 1.807) is 72.8 Å². The van der Waals surface area contributed by atoms with Crippen molar-refractivity contribution in [3.05, 3.63) is 124 Å². The molecule has 1 aliphatic rings. The quantitative estimate of drug-likeness (QED) is 0.113. The van der Waals surface area contributed by atoms with Crippen LogP contribution in [0.1, 0.15) is 36.3 Å². The Morgan fingerprint density at radius 2 is 1.67 bits per heavy atom. The molecule has 0 saturated carbocycles. The van der Waals surface area contributed by atoms with Gasteiger partial charge in [0.05, 0.1) is 61.5 Å². The Hall–Kier alpha value is -6.00. The summed E-state index contributed by atoms with van der Waals surface area (Å²) in [5.74, 6) is -0.692. The maximum Gasteiger partial charge on any atom is 0.419 e. The number of rotatable bonds is 15. The van der Waals surface area contributed by atoms with Crippen molar-refractivity contribution in [2.24, 2.45) is 0 Å². The minimum atomic E-state index is -4.92. The van der Waals surface area contributed by atoms with E-state index in [1.807, 2.05) is 6.92 Å². The van der Waals surface area contributed by atoms with E-state index in [4.69, 9.17) is 19.2 Å². The van der Waals surface area contributed by atoms with Gasteiger partial charge in [-0.1, -0.05) is 18.2 Å². The van der Waals surface area contributed by atoms with Gasteiger partial charge in [0.1, 0.15) is 23.1 Å². The molecule has 0 bridgehead atoms. The number of methoxy groups -OCH3 is 1. The van der Waals surface area contributed by atoms with E-state index in [0.717, 1.165) is 6.07 Å². The molecular formula is C42H44F4N6O6. The Labute approximate surface area is 332 Å². The summed E-state index contributed by atoms with van der Waals surface area (Å²) in [6, 6.07) is 21.2. The van der Waals surface area contributed by atoms with Crippen LogP contribution in [-0.2, 0) is 22.1 Å². The number of hydrogen-bond acceptors (Lipinski definition) is 8. The van der Waals surface area contributed by atoms with Crippen LogP contribution in [0.2, 0.25) is 0 Å². The molecule has 1 atom stereocenters. The maximum atomic E-state index is 14.8. The van der Waals surface area contributed by atoms with Gasteiger partial charge in [-0.15, -0.1) is 0 Å². The molecular weight excluding hydrogens is 760 g/mol. The van der Waals surface area contributed by atoms with Crippen LogP contribution in [-0.4, -0.2) is 90.9 Å². The average molecular weight is 805 g/mol. The highest BCUT2D eigenvalue weighted by Crippen LogP contribution is 2.32. The number of fused-ring (bicyclic) bond motifs is 1. The van der Waals surface area contributed by atoms with E-state index in [9.17, 15) is 31.9 Å². The van der Waals surface area contributed by atoms with Gasteiger partial charge in [0.25, 0.3) is 5.56 Å². The number of hydrogen-bond donors (Lipinski definition) is 2. The van der Waals surface area contributed by atoms with Crippen LogP contribution < -0.4 is 25.7 Å². The first-order valence-corrected chi connectivity index (χ1v) is 18.8. The number of para-hydroxylation sites is 1. The van der Waals surface area contributed by atoms with Crippen molar-refractivity contribution >= 4 is 28.5 Å². The van der Waals surface area contributed by atoms with Crippen LogP contribution in [0, 0.1) is 5.82 Å². The topological polar surface area (TPSA) is 127 Å². The summed E-state index contributed by atoms with van der Waals surface area (Å²) >= 11 is 0. The summed E-state index contributed by atoms with van der Waals surface area (Å²) in [6.45, 7) is 4.89. The first-order chi connectivity index (χ1) is 27.9. The van der Waals surface area contributed by atoms with E-state index in [1.165, 1.54) is 16.6 Å². The van der Waals surface area contributed by atoms with Crippen molar-refractivity contribution in [3.8, 4) is 17.2 Å². The molecule has 0 unspecified atom stereocenters. The number of aromatic nitrogens is 2. The smallest absolute Gasteiger partial charge is 0.419 e. The third-order valence-electron chi connectivity index (χ3n) is 9.71. The van der Waals surface area contributed by atoms with Crippen molar-refractivity contribution in [1.82, 2.24) is 24.7 Å². The van der Waals surface area contributed by atoms with Crippen molar-refractivity contribution < 1.29 is 41.4 Å². The zero-order valence-corrected chi connectivity index (χ0v) is 32.1. The summed E-state index contributed by atoms with van der Waals surface area (Å²) in [5, 5.41) is 5.92. The Morgan fingerprint density at radius 3 is 2.34 bits per heavy atom. The van der Waals surface area contributed by atoms with Crippen molar-refractivity contribution in [3.63, 3.8) is 0 Å². The third-order valence-corrected chi connectivity index (χ3v) is 9.71. The predicted octanol–water partition coefficient (Wildman–Crippen LogP) is 6.61. The molecule has 4 aromatic carbocycles. The number of anilines is 1. The number of morpholine rings is 1. The Morgan fingerprint density at radius 1 is 0.966 bits per heavy atom. The summed E-state index contributed by atoms with van der Waals surface area (Å²) in [4.78, 5) is 50.8. The number of nitrogens with zero attached hydrogens (tertiary/aromatic N) is 4. The Bertz CT molecular complexity index is 2250. The second-order valence-electron chi connectivity index (χ2n) is 13.5. The Balaban J connectivity index is 1.42. The number of halogens is 4. The number of alkyl halides is 3. The highest BCUT2D eigenvalue weighted by molar-refractivity contribution is 5.89. The van der Waals surface area contributed by atoms with E-state index in [2.05, 4.69) is 15.5 Å². The predicted molar refractivity (Wildman–Crippen MR) is 210 cm³/mol. The standard InChI is InChI=1S/C42H44F4N6O6/c1-3-58-32-15-11-30(12-16-32)52-39(49-36-7-5-4-6-33(36)40(52)54)37(18-19-47-41(55)48-29-9-13-31(56-2)14-10-29)51(21-20-50-22-24-57-25-23-50)38(53)27-28-8-17-34(35(43)26-28)42(44,45)46/h4-17,26,37H,3,18-25,27H2,1-2H3,(H2,47,48,55)/t37-/m1/s1. The first-order valence-electron chi connectivity index (χ1n) is 18.8. The maximum absolute atomic E-state index is 14.8. The van der Waals surface area contributed by atoms with Crippen molar-refractivity contribution in [2.75, 3.05) is 65.0 Å². The molecule has 12 nitrogen and oxygen atoms in total. The molecule has 1 saturated heterocycles. The van der Waals surface area contributed by atoms with Gasteiger partial charge in [-0.3, -0.25) is 19.1 Å². The van der Waals surface area contributed by atoms with Crippen LogP contribution in [0.15, 0.2) is 95.8 Å². The molecule has 6 rings (SSSR count). The van der Waals surface area contributed by atoms with Gasteiger partial charge in [0, 0.05) is 38.4 Å². The van der Waals surface area contributed by atoms with Crippen LogP contribution in [0.4, 0.5) is 28.0 Å². The molecule has 5 aromatic rings. The number of benzene rings is 4. The lowest BCUT2D eigenvalue weighted by atomic mass is 10.0. The third kappa shape index (κ3) is 10.3. The molecule has 16 heteroatoms. The molecule has 1 fully saturated rings. The van der Waals surface area contributed by atoms with Crippen LogP contribution in [0.3, 0.4) is 0 Å². The van der Waals surface area contributed by atoms with Gasteiger partial charge < -0.3 is 29.7 Å². The normalized spacial score (nSPS) is 13.8. The lowest BCUT2D eigenvalue weighted by molar-refractivity contribution is -0.140. The zero-order chi connectivity index (χ0) is 41.2. The Kier molecular flexibility index (Phi) is 13.6. The number of urea groups is 1. The molecule has 58 heavy (non-hydrogen) atoms. The minimum absolute atomic E-state index is 0.00509. The van der Waals surface area contributed by atoms with E-state index in [0.29, 0.717) is 85.4 Å². The van der Waals surface area contributed by atoms with Crippen molar-refractivity contribution in [1.29, 1.82) is 0 Å². The second kappa shape index (κ2) is 19.0. The van der Waals surface area contributed by atoms with Gasteiger partial charge in [-0.25, -0.2) is 14.2 Å². The van der Waals surface area contributed by atoms with Gasteiger partial charge in [-0.2, -0.15) is 13.2 Å². The molecule has 0 spiro atoms. The minimum Gasteiger partial charge on any atom is -0.497 e. The monoisotopic (exact) mass is 804 g/mol. The summed E-state index contributed by atoms with van der Waals surface area (Å²) in [7, 11) is 1.53. The molecule has 0 aliphatic carbocycles. The van der Waals surface area contributed by atoms with Crippen LogP contribution in [0.25, 0.3) is 16.6 Å².